The highest BCUT2D eigenvalue weighted by molar-refractivity contribution is 5.34. The molecule has 0 amide bonds. The Hall–Kier alpha value is -1.13. The first kappa shape index (κ1) is 11.9. The van der Waals surface area contributed by atoms with Crippen LogP contribution in [0.15, 0.2) is 18.2 Å². The number of hydrogen-bond donors (Lipinski definition) is 3. The number of rotatable bonds is 4. The second-order valence-electron chi connectivity index (χ2n) is 3.68. The van der Waals surface area contributed by atoms with Crippen LogP contribution in [0.5, 0.6) is 5.75 Å². The van der Waals surface area contributed by atoms with E-state index in [1.807, 2.05) is 13.8 Å². The van der Waals surface area contributed by atoms with Crippen LogP contribution in [0.25, 0.3) is 0 Å². The molecule has 0 fully saturated rings. The SMILES string of the molecule is C[C@@H](CO)N[C@H](C)c1ccc(F)cc1O. The largest absolute Gasteiger partial charge is 0.508 e. The van der Waals surface area contributed by atoms with Gasteiger partial charge < -0.3 is 15.5 Å². The molecule has 0 saturated heterocycles. The Bertz CT molecular complexity index is 330. The van der Waals surface area contributed by atoms with E-state index in [9.17, 15) is 9.50 Å². The van der Waals surface area contributed by atoms with Crippen molar-refractivity contribution in [1.29, 1.82) is 0 Å². The monoisotopic (exact) mass is 213 g/mol. The quantitative estimate of drug-likeness (QED) is 0.711. The minimum atomic E-state index is -0.460. The van der Waals surface area contributed by atoms with E-state index in [1.165, 1.54) is 12.1 Å². The first-order valence-corrected chi connectivity index (χ1v) is 4.90. The van der Waals surface area contributed by atoms with Gasteiger partial charge in [0.1, 0.15) is 11.6 Å². The highest BCUT2D eigenvalue weighted by Gasteiger charge is 2.12. The molecule has 84 valence electrons. The predicted octanol–water partition coefficient (Wildman–Crippen LogP) is 1.56. The minimum absolute atomic E-state index is 0.0201. The molecule has 0 aliphatic rings. The van der Waals surface area contributed by atoms with Gasteiger partial charge in [0.25, 0.3) is 0 Å². The van der Waals surface area contributed by atoms with Gasteiger partial charge in [-0.2, -0.15) is 0 Å². The Labute approximate surface area is 88.6 Å². The minimum Gasteiger partial charge on any atom is -0.508 e. The number of aromatic hydroxyl groups is 1. The van der Waals surface area contributed by atoms with Crippen LogP contribution in [0.1, 0.15) is 25.5 Å². The van der Waals surface area contributed by atoms with Crippen molar-refractivity contribution in [3.05, 3.63) is 29.6 Å². The number of nitrogens with one attached hydrogen (secondary N) is 1. The first-order chi connectivity index (χ1) is 7.04. The van der Waals surface area contributed by atoms with E-state index >= 15 is 0 Å². The third-order valence-corrected chi connectivity index (χ3v) is 2.27. The van der Waals surface area contributed by atoms with Gasteiger partial charge in [0, 0.05) is 23.7 Å². The highest BCUT2D eigenvalue weighted by Crippen LogP contribution is 2.24. The summed E-state index contributed by atoms with van der Waals surface area (Å²) in [7, 11) is 0. The molecule has 0 aliphatic heterocycles. The van der Waals surface area contributed by atoms with Crippen molar-refractivity contribution >= 4 is 0 Å². The maximum absolute atomic E-state index is 12.7. The standard InChI is InChI=1S/C11H16FNO2/c1-7(6-14)13-8(2)10-4-3-9(12)5-11(10)15/h3-5,7-8,13-15H,6H2,1-2H3/t7-,8+/m0/s1. The van der Waals surface area contributed by atoms with Crippen LogP contribution in [0, 0.1) is 5.82 Å². The van der Waals surface area contributed by atoms with Crippen LogP contribution in [0.3, 0.4) is 0 Å². The van der Waals surface area contributed by atoms with Crippen molar-refractivity contribution in [2.45, 2.75) is 25.9 Å². The summed E-state index contributed by atoms with van der Waals surface area (Å²) in [5.41, 5.74) is 0.622. The second kappa shape index (κ2) is 5.09. The van der Waals surface area contributed by atoms with Gasteiger partial charge in [-0.05, 0) is 19.9 Å². The van der Waals surface area contributed by atoms with E-state index in [-0.39, 0.29) is 24.4 Å². The molecule has 4 heteroatoms. The molecule has 0 unspecified atom stereocenters. The van der Waals surface area contributed by atoms with Crippen LogP contribution in [0.4, 0.5) is 4.39 Å². The fourth-order valence-corrected chi connectivity index (χ4v) is 1.45. The summed E-state index contributed by atoms with van der Waals surface area (Å²) in [6, 6.07) is 3.72. The summed E-state index contributed by atoms with van der Waals surface area (Å²) in [4.78, 5) is 0. The molecule has 3 nitrogen and oxygen atoms in total. The zero-order valence-electron chi connectivity index (χ0n) is 8.87. The second-order valence-corrected chi connectivity index (χ2v) is 3.68. The van der Waals surface area contributed by atoms with Crippen molar-refractivity contribution in [3.8, 4) is 5.75 Å². The number of phenols is 1. The van der Waals surface area contributed by atoms with Gasteiger partial charge in [0.2, 0.25) is 0 Å². The molecule has 3 N–H and O–H groups in total. The molecule has 2 atom stereocenters. The average molecular weight is 213 g/mol. The number of aliphatic hydroxyl groups is 1. The van der Waals surface area contributed by atoms with Crippen molar-refractivity contribution < 1.29 is 14.6 Å². The fraction of sp³-hybridized carbons (Fsp3) is 0.455. The molecule has 1 aromatic carbocycles. The molecule has 0 spiro atoms. The molecule has 0 aromatic heterocycles. The van der Waals surface area contributed by atoms with Crippen molar-refractivity contribution in [3.63, 3.8) is 0 Å². The number of phenolic OH excluding ortho intramolecular Hbond substituents is 1. The summed E-state index contributed by atoms with van der Waals surface area (Å²) in [6.45, 7) is 3.70. The molecule has 0 bridgehead atoms. The predicted molar refractivity (Wildman–Crippen MR) is 56.2 cm³/mol. The van der Waals surface area contributed by atoms with Gasteiger partial charge in [0.15, 0.2) is 0 Å². The Morgan fingerprint density at radius 1 is 1.40 bits per heavy atom. The van der Waals surface area contributed by atoms with E-state index in [4.69, 9.17) is 5.11 Å². The molecule has 15 heavy (non-hydrogen) atoms. The summed E-state index contributed by atoms with van der Waals surface area (Å²) in [6.07, 6.45) is 0. The average Bonchev–Trinajstić information content (AvgIpc) is 2.17. The molecule has 0 saturated carbocycles. The number of halogens is 1. The van der Waals surface area contributed by atoms with Crippen molar-refractivity contribution in [1.82, 2.24) is 5.32 Å². The van der Waals surface area contributed by atoms with Crippen LogP contribution < -0.4 is 5.32 Å². The van der Waals surface area contributed by atoms with Gasteiger partial charge in [-0.25, -0.2) is 4.39 Å². The number of hydrogen-bond acceptors (Lipinski definition) is 3. The van der Waals surface area contributed by atoms with E-state index in [0.29, 0.717) is 5.56 Å². The number of benzene rings is 1. The van der Waals surface area contributed by atoms with Crippen LogP contribution in [0.2, 0.25) is 0 Å². The lowest BCUT2D eigenvalue weighted by molar-refractivity contribution is 0.242. The lowest BCUT2D eigenvalue weighted by atomic mass is 10.1. The van der Waals surface area contributed by atoms with E-state index in [1.54, 1.807) is 0 Å². The molecular formula is C11H16FNO2. The molecule has 1 aromatic rings. The summed E-state index contributed by atoms with van der Waals surface area (Å²) >= 11 is 0. The Morgan fingerprint density at radius 2 is 2.07 bits per heavy atom. The third kappa shape index (κ3) is 3.18. The molecular weight excluding hydrogens is 197 g/mol. The van der Waals surface area contributed by atoms with Crippen molar-refractivity contribution in [2.24, 2.45) is 0 Å². The normalized spacial score (nSPS) is 14.9. The zero-order chi connectivity index (χ0) is 11.4. The maximum Gasteiger partial charge on any atom is 0.126 e. The topological polar surface area (TPSA) is 52.5 Å². The first-order valence-electron chi connectivity index (χ1n) is 4.90. The fourth-order valence-electron chi connectivity index (χ4n) is 1.45. The highest BCUT2D eigenvalue weighted by atomic mass is 19.1. The van der Waals surface area contributed by atoms with Crippen molar-refractivity contribution in [2.75, 3.05) is 6.61 Å². The van der Waals surface area contributed by atoms with Crippen LogP contribution in [-0.2, 0) is 0 Å². The summed E-state index contributed by atoms with van der Waals surface area (Å²) < 4.78 is 12.7. The molecule has 1 rings (SSSR count). The summed E-state index contributed by atoms with van der Waals surface area (Å²) in [5.74, 6) is -0.529. The Kier molecular flexibility index (Phi) is 4.05. The van der Waals surface area contributed by atoms with E-state index < -0.39 is 5.82 Å². The van der Waals surface area contributed by atoms with Gasteiger partial charge >= 0.3 is 0 Å². The molecule has 0 heterocycles. The maximum atomic E-state index is 12.7. The Morgan fingerprint density at radius 3 is 2.60 bits per heavy atom. The zero-order valence-corrected chi connectivity index (χ0v) is 8.87. The Balaban J connectivity index is 2.77. The van der Waals surface area contributed by atoms with E-state index in [2.05, 4.69) is 5.32 Å². The molecule has 0 radical (unpaired) electrons. The lowest BCUT2D eigenvalue weighted by Gasteiger charge is -2.19. The molecule has 0 aliphatic carbocycles. The van der Waals surface area contributed by atoms with Gasteiger partial charge in [0.05, 0.1) is 6.61 Å². The van der Waals surface area contributed by atoms with Gasteiger partial charge in [-0.1, -0.05) is 6.07 Å². The van der Waals surface area contributed by atoms with Crippen LogP contribution >= 0.6 is 0 Å². The summed E-state index contributed by atoms with van der Waals surface area (Å²) in [5, 5.41) is 21.4. The van der Waals surface area contributed by atoms with Crippen LogP contribution in [-0.4, -0.2) is 22.9 Å². The van der Waals surface area contributed by atoms with E-state index in [0.717, 1.165) is 6.07 Å². The number of aliphatic hydroxyl groups excluding tert-OH is 1. The van der Waals surface area contributed by atoms with Gasteiger partial charge in [-0.3, -0.25) is 0 Å². The van der Waals surface area contributed by atoms with Gasteiger partial charge in [-0.15, -0.1) is 0 Å². The lowest BCUT2D eigenvalue weighted by Crippen LogP contribution is -2.31. The third-order valence-electron chi connectivity index (χ3n) is 2.27. The smallest absolute Gasteiger partial charge is 0.126 e.